The second-order valence-electron chi connectivity index (χ2n) is 8.05. The summed E-state index contributed by atoms with van der Waals surface area (Å²) in [7, 11) is 3.97. The molecule has 1 saturated heterocycles. The Labute approximate surface area is 177 Å². The zero-order valence-electron chi connectivity index (χ0n) is 17.5. The topological polar surface area (TPSA) is 65.1 Å². The molecule has 4 rings (SSSR count). The molecule has 0 radical (unpaired) electrons. The van der Waals surface area contributed by atoms with E-state index in [4.69, 9.17) is 4.74 Å². The van der Waals surface area contributed by atoms with E-state index in [1.165, 1.54) is 0 Å². The zero-order valence-corrected chi connectivity index (χ0v) is 17.5. The SMILES string of the molecule is CN(C)c1ccc(NC(=O)CN2CCC(N3C(=O)OCc4ccccc43)CC2)cc1. The van der Waals surface area contributed by atoms with Gasteiger partial charge in [0.25, 0.3) is 0 Å². The zero-order chi connectivity index (χ0) is 21.1. The van der Waals surface area contributed by atoms with Gasteiger partial charge in [-0.1, -0.05) is 18.2 Å². The number of hydrogen-bond acceptors (Lipinski definition) is 5. The first-order chi connectivity index (χ1) is 14.5. The largest absolute Gasteiger partial charge is 0.444 e. The van der Waals surface area contributed by atoms with Crippen LogP contribution in [0, 0.1) is 0 Å². The van der Waals surface area contributed by atoms with E-state index < -0.39 is 0 Å². The van der Waals surface area contributed by atoms with E-state index in [1.807, 2.05) is 67.5 Å². The molecular formula is C23H28N4O3. The minimum absolute atomic E-state index is 0.0196. The van der Waals surface area contributed by atoms with Gasteiger partial charge in [-0.15, -0.1) is 0 Å². The van der Waals surface area contributed by atoms with Gasteiger partial charge in [-0.05, 0) is 43.2 Å². The standard InChI is InChI=1S/C23H28N4O3/c1-25(2)19-9-7-18(8-10-19)24-22(28)15-26-13-11-20(12-14-26)27-21-6-4-3-5-17(21)16-30-23(27)29/h3-10,20H,11-16H2,1-2H3,(H,24,28). The van der Waals surface area contributed by atoms with Gasteiger partial charge in [-0.25, -0.2) is 4.79 Å². The van der Waals surface area contributed by atoms with Crippen LogP contribution in [0.15, 0.2) is 48.5 Å². The van der Waals surface area contributed by atoms with Crippen LogP contribution in [0.2, 0.25) is 0 Å². The van der Waals surface area contributed by atoms with Crippen LogP contribution < -0.4 is 15.1 Å². The van der Waals surface area contributed by atoms with Crippen molar-refractivity contribution >= 4 is 29.1 Å². The number of likely N-dealkylation sites (tertiary alicyclic amines) is 1. The van der Waals surface area contributed by atoms with Crippen LogP contribution in [0.25, 0.3) is 0 Å². The van der Waals surface area contributed by atoms with E-state index in [2.05, 4.69) is 10.2 Å². The number of carbonyl (C=O) groups is 2. The first kappa shape index (κ1) is 20.2. The lowest BCUT2D eigenvalue weighted by molar-refractivity contribution is -0.117. The third-order valence-corrected chi connectivity index (χ3v) is 5.76. The average Bonchev–Trinajstić information content (AvgIpc) is 2.75. The average molecular weight is 409 g/mol. The van der Waals surface area contributed by atoms with Crippen molar-refractivity contribution in [3.8, 4) is 0 Å². The normalized spacial score (nSPS) is 17.3. The van der Waals surface area contributed by atoms with E-state index in [0.717, 1.165) is 48.6 Å². The first-order valence-electron chi connectivity index (χ1n) is 10.3. The minimum Gasteiger partial charge on any atom is -0.444 e. The molecule has 7 nitrogen and oxygen atoms in total. The van der Waals surface area contributed by atoms with Crippen molar-refractivity contribution < 1.29 is 14.3 Å². The molecule has 2 aliphatic rings. The summed E-state index contributed by atoms with van der Waals surface area (Å²) >= 11 is 0. The Morgan fingerprint density at radius 1 is 1.10 bits per heavy atom. The van der Waals surface area contributed by atoms with Crippen molar-refractivity contribution in [1.82, 2.24) is 4.90 Å². The maximum absolute atomic E-state index is 12.5. The number of nitrogens with zero attached hydrogens (tertiary/aromatic N) is 3. The van der Waals surface area contributed by atoms with Gasteiger partial charge in [0, 0.05) is 50.2 Å². The van der Waals surface area contributed by atoms with E-state index >= 15 is 0 Å². The van der Waals surface area contributed by atoms with E-state index in [1.54, 1.807) is 4.90 Å². The fourth-order valence-corrected chi connectivity index (χ4v) is 4.10. The first-order valence-corrected chi connectivity index (χ1v) is 10.3. The van der Waals surface area contributed by atoms with Crippen molar-refractivity contribution in [2.45, 2.75) is 25.5 Å². The maximum atomic E-state index is 12.5. The maximum Gasteiger partial charge on any atom is 0.414 e. The molecule has 158 valence electrons. The highest BCUT2D eigenvalue weighted by molar-refractivity contribution is 5.92. The molecule has 1 N–H and O–H groups in total. The van der Waals surface area contributed by atoms with E-state index in [9.17, 15) is 9.59 Å². The van der Waals surface area contributed by atoms with Gasteiger partial charge in [0.15, 0.2) is 0 Å². The smallest absolute Gasteiger partial charge is 0.414 e. The molecule has 0 bridgehead atoms. The number of benzene rings is 2. The molecule has 7 heteroatoms. The molecule has 0 aliphatic carbocycles. The Hall–Kier alpha value is -3.06. The number of rotatable bonds is 5. The monoisotopic (exact) mass is 408 g/mol. The number of nitrogens with one attached hydrogen (secondary N) is 1. The van der Waals surface area contributed by atoms with Crippen LogP contribution in [-0.2, 0) is 16.1 Å². The molecule has 2 aliphatic heterocycles. The summed E-state index contributed by atoms with van der Waals surface area (Å²) in [6, 6.07) is 15.8. The molecule has 2 aromatic carbocycles. The predicted molar refractivity (Wildman–Crippen MR) is 118 cm³/mol. The highest BCUT2D eigenvalue weighted by Gasteiger charge is 2.34. The van der Waals surface area contributed by atoms with Gasteiger partial charge < -0.3 is 15.0 Å². The van der Waals surface area contributed by atoms with Crippen LogP contribution in [0.4, 0.5) is 21.9 Å². The Bertz CT molecular complexity index is 905. The van der Waals surface area contributed by atoms with Crippen molar-refractivity contribution in [3.63, 3.8) is 0 Å². The van der Waals surface area contributed by atoms with Crippen molar-refractivity contribution in [2.75, 3.05) is 48.8 Å². The number of amides is 2. The number of fused-ring (bicyclic) bond motifs is 1. The fraction of sp³-hybridized carbons (Fsp3) is 0.391. The van der Waals surface area contributed by atoms with Crippen LogP contribution >= 0.6 is 0 Å². The van der Waals surface area contributed by atoms with Crippen molar-refractivity contribution in [1.29, 1.82) is 0 Å². The second-order valence-corrected chi connectivity index (χ2v) is 8.05. The molecule has 2 aromatic rings. The van der Waals surface area contributed by atoms with Gasteiger partial charge in [-0.2, -0.15) is 0 Å². The van der Waals surface area contributed by atoms with Crippen LogP contribution in [0.5, 0.6) is 0 Å². The predicted octanol–water partition coefficient (Wildman–Crippen LogP) is 3.31. The number of cyclic esters (lactones) is 1. The van der Waals surface area contributed by atoms with Crippen molar-refractivity contribution in [2.24, 2.45) is 0 Å². The number of anilines is 3. The molecule has 0 spiro atoms. The number of ether oxygens (including phenoxy) is 1. The van der Waals surface area contributed by atoms with E-state index in [0.29, 0.717) is 13.2 Å². The Kier molecular flexibility index (Phi) is 5.90. The Morgan fingerprint density at radius 2 is 1.80 bits per heavy atom. The number of piperidine rings is 1. The van der Waals surface area contributed by atoms with Crippen molar-refractivity contribution in [3.05, 3.63) is 54.1 Å². The third kappa shape index (κ3) is 4.41. The summed E-state index contributed by atoms with van der Waals surface area (Å²) in [5.74, 6) is -0.0196. The molecule has 2 heterocycles. The van der Waals surface area contributed by atoms with Gasteiger partial charge in [0.2, 0.25) is 5.91 Å². The summed E-state index contributed by atoms with van der Waals surface area (Å²) in [5.41, 5.74) is 3.88. The van der Waals surface area contributed by atoms with Gasteiger partial charge in [-0.3, -0.25) is 14.6 Å². The number of carbonyl (C=O) groups excluding carboxylic acids is 2. The molecule has 0 unspecified atom stereocenters. The second kappa shape index (κ2) is 8.75. The quantitative estimate of drug-likeness (QED) is 0.822. The van der Waals surface area contributed by atoms with E-state index in [-0.39, 0.29) is 18.0 Å². The summed E-state index contributed by atoms with van der Waals surface area (Å²) in [6.45, 7) is 2.22. The van der Waals surface area contributed by atoms with Gasteiger partial charge in [0.1, 0.15) is 6.61 Å². The van der Waals surface area contributed by atoms with Crippen LogP contribution in [0.3, 0.4) is 0 Å². The molecule has 2 amide bonds. The molecular weight excluding hydrogens is 380 g/mol. The molecule has 30 heavy (non-hydrogen) atoms. The minimum atomic E-state index is -0.272. The Balaban J connectivity index is 1.30. The van der Waals surface area contributed by atoms with Crippen LogP contribution in [-0.4, -0.2) is 56.7 Å². The third-order valence-electron chi connectivity index (χ3n) is 5.76. The summed E-state index contributed by atoms with van der Waals surface area (Å²) in [6.07, 6.45) is 1.36. The Morgan fingerprint density at radius 3 is 2.50 bits per heavy atom. The molecule has 0 atom stereocenters. The number of para-hydroxylation sites is 1. The molecule has 0 saturated carbocycles. The van der Waals surface area contributed by atoms with Gasteiger partial charge >= 0.3 is 6.09 Å². The highest BCUT2D eigenvalue weighted by Crippen LogP contribution is 2.31. The van der Waals surface area contributed by atoms with Crippen LogP contribution in [0.1, 0.15) is 18.4 Å². The van der Waals surface area contributed by atoms with Gasteiger partial charge in [0.05, 0.1) is 12.2 Å². The molecule has 1 fully saturated rings. The lowest BCUT2D eigenvalue weighted by atomic mass is 10.0. The number of hydrogen-bond donors (Lipinski definition) is 1. The summed E-state index contributed by atoms with van der Waals surface area (Å²) in [5, 5.41) is 2.97. The lowest BCUT2D eigenvalue weighted by Crippen LogP contribution is -2.50. The fourth-order valence-electron chi connectivity index (χ4n) is 4.10. The molecule has 0 aromatic heterocycles. The summed E-state index contributed by atoms with van der Waals surface area (Å²) in [4.78, 5) is 30.8. The lowest BCUT2D eigenvalue weighted by Gasteiger charge is -2.40. The highest BCUT2D eigenvalue weighted by atomic mass is 16.6. The summed E-state index contributed by atoms with van der Waals surface area (Å²) < 4.78 is 5.36.